The molecular formula is C12H14O4. The predicted molar refractivity (Wildman–Crippen MR) is 59.0 cm³/mol. The summed E-state index contributed by atoms with van der Waals surface area (Å²) >= 11 is 0. The van der Waals surface area contributed by atoms with E-state index in [-0.39, 0.29) is 6.42 Å². The largest absolute Gasteiger partial charge is 0.496 e. The molecule has 16 heavy (non-hydrogen) atoms. The monoisotopic (exact) mass is 222 g/mol. The molecule has 0 saturated heterocycles. The molecule has 0 amide bonds. The Bertz CT molecular complexity index is 385. The number of hydrogen-bond donors (Lipinski definition) is 1. The van der Waals surface area contributed by atoms with E-state index in [9.17, 15) is 9.59 Å². The summed E-state index contributed by atoms with van der Waals surface area (Å²) in [5, 5.41) is 8.50. The van der Waals surface area contributed by atoms with Crippen LogP contribution >= 0.6 is 0 Å². The minimum absolute atomic E-state index is 0.151. The smallest absolute Gasteiger partial charge is 0.303 e. The van der Waals surface area contributed by atoms with Gasteiger partial charge in [-0.05, 0) is 30.5 Å². The van der Waals surface area contributed by atoms with E-state index in [4.69, 9.17) is 9.84 Å². The van der Waals surface area contributed by atoms with Crippen LogP contribution in [-0.2, 0) is 11.2 Å². The first-order valence-electron chi connectivity index (χ1n) is 5.01. The van der Waals surface area contributed by atoms with Crippen molar-refractivity contribution < 1.29 is 19.4 Å². The topological polar surface area (TPSA) is 63.6 Å². The van der Waals surface area contributed by atoms with E-state index in [0.717, 1.165) is 11.8 Å². The molecule has 0 saturated carbocycles. The first kappa shape index (κ1) is 12.2. The molecule has 4 nitrogen and oxygen atoms in total. The van der Waals surface area contributed by atoms with E-state index in [1.54, 1.807) is 12.1 Å². The number of carbonyl (C=O) groups is 2. The molecule has 0 bridgehead atoms. The standard InChI is InChI=1S/C12H14O4/c1-16-11-7-9(3-2-4-12(14)15)5-6-10(11)8-13/h5-8H,2-4H2,1H3,(H,14,15). The van der Waals surface area contributed by atoms with E-state index < -0.39 is 5.97 Å². The molecule has 0 radical (unpaired) electrons. The molecule has 0 aliphatic heterocycles. The van der Waals surface area contributed by atoms with Crippen molar-refractivity contribution in [3.63, 3.8) is 0 Å². The average Bonchev–Trinajstić information content (AvgIpc) is 2.28. The summed E-state index contributed by atoms with van der Waals surface area (Å²) in [6, 6.07) is 5.27. The van der Waals surface area contributed by atoms with E-state index in [0.29, 0.717) is 24.2 Å². The summed E-state index contributed by atoms with van der Waals surface area (Å²) in [6.45, 7) is 0. The third-order valence-electron chi connectivity index (χ3n) is 2.28. The van der Waals surface area contributed by atoms with Crippen molar-refractivity contribution in [3.8, 4) is 5.75 Å². The molecule has 0 atom stereocenters. The summed E-state index contributed by atoms with van der Waals surface area (Å²) in [4.78, 5) is 21.0. The zero-order valence-electron chi connectivity index (χ0n) is 9.10. The first-order chi connectivity index (χ1) is 7.67. The number of aldehydes is 1. The van der Waals surface area contributed by atoms with Gasteiger partial charge >= 0.3 is 5.97 Å². The highest BCUT2D eigenvalue weighted by atomic mass is 16.5. The van der Waals surface area contributed by atoms with Crippen LogP contribution in [0, 0.1) is 0 Å². The van der Waals surface area contributed by atoms with Crippen LogP contribution in [0.4, 0.5) is 0 Å². The lowest BCUT2D eigenvalue weighted by molar-refractivity contribution is -0.137. The lowest BCUT2D eigenvalue weighted by Gasteiger charge is -2.06. The Morgan fingerprint density at radius 2 is 2.25 bits per heavy atom. The van der Waals surface area contributed by atoms with Gasteiger partial charge in [-0.3, -0.25) is 9.59 Å². The Kier molecular flexibility index (Phi) is 4.51. The summed E-state index contributed by atoms with van der Waals surface area (Å²) in [6.07, 6.45) is 2.14. The Morgan fingerprint density at radius 1 is 1.50 bits per heavy atom. The number of carboxylic acid groups (broad SMARTS) is 1. The van der Waals surface area contributed by atoms with E-state index in [1.807, 2.05) is 6.07 Å². The van der Waals surface area contributed by atoms with Crippen molar-refractivity contribution in [2.45, 2.75) is 19.3 Å². The van der Waals surface area contributed by atoms with Gasteiger partial charge in [-0.15, -0.1) is 0 Å². The number of hydrogen-bond acceptors (Lipinski definition) is 3. The van der Waals surface area contributed by atoms with Gasteiger partial charge in [0.1, 0.15) is 5.75 Å². The van der Waals surface area contributed by atoms with Crippen molar-refractivity contribution in [2.75, 3.05) is 7.11 Å². The van der Waals surface area contributed by atoms with Crippen molar-refractivity contribution in [2.24, 2.45) is 0 Å². The summed E-state index contributed by atoms with van der Waals surface area (Å²) in [7, 11) is 1.50. The lowest BCUT2D eigenvalue weighted by Crippen LogP contribution is -1.97. The van der Waals surface area contributed by atoms with Crippen molar-refractivity contribution in [3.05, 3.63) is 29.3 Å². The van der Waals surface area contributed by atoms with Crippen molar-refractivity contribution in [1.82, 2.24) is 0 Å². The molecule has 1 N–H and O–H groups in total. The summed E-state index contributed by atoms with van der Waals surface area (Å²) in [5.41, 5.74) is 1.48. The summed E-state index contributed by atoms with van der Waals surface area (Å²) in [5.74, 6) is -0.265. The number of rotatable bonds is 6. The molecule has 0 aliphatic carbocycles. The fourth-order valence-electron chi connectivity index (χ4n) is 1.45. The third-order valence-corrected chi connectivity index (χ3v) is 2.28. The number of carbonyl (C=O) groups excluding carboxylic acids is 1. The van der Waals surface area contributed by atoms with Gasteiger partial charge in [0.15, 0.2) is 6.29 Å². The zero-order valence-corrected chi connectivity index (χ0v) is 9.10. The lowest BCUT2D eigenvalue weighted by atomic mass is 10.1. The van der Waals surface area contributed by atoms with Gasteiger partial charge < -0.3 is 9.84 Å². The second kappa shape index (κ2) is 5.90. The molecule has 0 aliphatic rings. The molecule has 1 aromatic carbocycles. The molecule has 0 spiro atoms. The normalized spacial score (nSPS) is 9.81. The zero-order chi connectivity index (χ0) is 12.0. The van der Waals surface area contributed by atoms with Crippen LogP contribution in [0.2, 0.25) is 0 Å². The van der Waals surface area contributed by atoms with Gasteiger partial charge in [-0.25, -0.2) is 0 Å². The van der Waals surface area contributed by atoms with E-state index in [1.165, 1.54) is 7.11 Å². The molecular weight excluding hydrogens is 208 g/mol. The Labute approximate surface area is 93.9 Å². The minimum atomic E-state index is -0.795. The van der Waals surface area contributed by atoms with Crippen LogP contribution in [-0.4, -0.2) is 24.5 Å². The highest BCUT2D eigenvalue weighted by Crippen LogP contribution is 2.19. The second-order valence-electron chi connectivity index (χ2n) is 3.44. The third kappa shape index (κ3) is 3.38. The van der Waals surface area contributed by atoms with Crippen molar-refractivity contribution >= 4 is 12.3 Å². The number of aryl methyl sites for hydroxylation is 1. The fourth-order valence-corrected chi connectivity index (χ4v) is 1.45. The Balaban J connectivity index is 2.67. The molecule has 0 aromatic heterocycles. The number of benzene rings is 1. The SMILES string of the molecule is COc1cc(CCCC(=O)O)ccc1C=O. The molecule has 1 rings (SSSR count). The van der Waals surface area contributed by atoms with E-state index in [2.05, 4.69) is 0 Å². The Hall–Kier alpha value is -1.84. The molecule has 0 fully saturated rings. The van der Waals surface area contributed by atoms with Crippen LogP contribution in [0.25, 0.3) is 0 Å². The maximum atomic E-state index is 10.6. The van der Waals surface area contributed by atoms with E-state index >= 15 is 0 Å². The van der Waals surface area contributed by atoms with Gasteiger partial charge in [-0.1, -0.05) is 6.07 Å². The Morgan fingerprint density at radius 3 is 2.81 bits per heavy atom. The quantitative estimate of drug-likeness (QED) is 0.747. The second-order valence-corrected chi connectivity index (χ2v) is 3.44. The number of ether oxygens (including phenoxy) is 1. The van der Waals surface area contributed by atoms with Gasteiger partial charge in [0, 0.05) is 6.42 Å². The van der Waals surface area contributed by atoms with Crippen LogP contribution in [0.1, 0.15) is 28.8 Å². The highest BCUT2D eigenvalue weighted by Gasteiger charge is 2.04. The van der Waals surface area contributed by atoms with Gasteiger partial charge in [-0.2, -0.15) is 0 Å². The molecule has 0 heterocycles. The molecule has 1 aromatic rings. The molecule has 86 valence electrons. The number of methoxy groups -OCH3 is 1. The van der Waals surface area contributed by atoms with Crippen LogP contribution in [0.5, 0.6) is 5.75 Å². The first-order valence-corrected chi connectivity index (χ1v) is 5.01. The minimum Gasteiger partial charge on any atom is -0.496 e. The maximum absolute atomic E-state index is 10.6. The number of carboxylic acids is 1. The van der Waals surface area contributed by atoms with Gasteiger partial charge in [0.05, 0.1) is 12.7 Å². The molecule has 4 heteroatoms. The summed E-state index contributed by atoms with van der Waals surface area (Å²) < 4.78 is 5.06. The van der Waals surface area contributed by atoms with Gasteiger partial charge in [0.25, 0.3) is 0 Å². The van der Waals surface area contributed by atoms with Gasteiger partial charge in [0.2, 0.25) is 0 Å². The molecule has 0 unspecified atom stereocenters. The average molecular weight is 222 g/mol. The fraction of sp³-hybridized carbons (Fsp3) is 0.333. The maximum Gasteiger partial charge on any atom is 0.303 e. The predicted octanol–water partition coefficient (Wildman–Crippen LogP) is 1.92. The van der Waals surface area contributed by atoms with Crippen LogP contribution < -0.4 is 4.74 Å². The van der Waals surface area contributed by atoms with Crippen LogP contribution in [0.15, 0.2) is 18.2 Å². The highest BCUT2D eigenvalue weighted by molar-refractivity contribution is 5.79. The van der Waals surface area contributed by atoms with Crippen molar-refractivity contribution in [1.29, 1.82) is 0 Å². The number of aliphatic carboxylic acids is 1. The van der Waals surface area contributed by atoms with Crippen LogP contribution in [0.3, 0.4) is 0 Å².